The highest BCUT2D eigenvalue weighted by Crippen LogP contribution is 2.30. The summed E-state index contributed by atoms with van der Waals surface area (Å²) in [7, 11) is 0. The van der Waals surface area contributed by atoms with Gasteiger partial charge in [0, 0.05) is 10.6 Å². The lowest BCUT2D eigenvalue weighted by Crippen LogP contribution is -2.12. The molecule has 0 aromatic heterocycles. The Hall–Kier alpha value is -1.34. The Morgan fingerprint density at radius 2 is 0.941 bits per heavy atom. The van der Waals surface area contributed by atoms with Crippen LogP contribution in [0.3, 0.4) is 0 Å². The van der Waals surface area contributed by atoms with Crippen molar-refractivity contribution in [2.45, 2.75) is 191 Å². The van der Waals surface area contributed by atoms with Gasteiger partial charge < -0.3 is 0 Å². The molecule has 0 atom stereocenters. The van der Waals surface area contributed by atoms with Crippen LogP contribution >= 0.6 is 11.6 Å². The van der Waals surface area contributed by atoms with Gasteiger partial charge in [0.05, 0.1) is 0 Å². The second kappa shape index (κ2) is 29.1. The Labute approximate surface area is 323 Å². The molecule has 0 spiro atoms. The van der Waals surface area contributed by atoms with E-state index in [1.807, 2.05) is 13.8 Å². The monoisotopic (exact) mass is 727 g/mol. The summed E-state index contributed by atoms with van der Waals surface area (Å²) < 4.78 is 13.1. The van der Waals surface area contributed by atoms with Crippen LogP contribution in [0.25, 0.3) is 0 Å². The fourth-order valence-corrected chi connectivity index (χ4v) is 8.33. The molecule has 0 radical (unpaired) electrons. The van der Waals surface area contributed by atoms with Crippen LogP contribution in [0, 0.1) is 53.2 Å². The Kier molecular flexibility index (Phi) is 27.2. The van der Waals surface area contributed by atoms with Gasteiger partial charge in [0.2, 0.25) is 0 Å². The predicted molar refractivity (Wildman–Crippen MR) is 228 cm³/mol. The van der Waals surface area contributed by atoms with Crippen LogP contribution in [0.4, 0.5) is 4.39 Å². The molecule has 3 fully saturated rings. The van der Waals surface area contributed by atoms with Gasteiger partial charge >= 0.3 is 0 Å². The topological polar surface area (TPSA) is 0 Å². The maximum atomic E-state index is 13.1. The van der Waals surface area contributed by atoms with Crippen molar-refractivity contribution in [2.75, 3.05) is 0 Å². The highest BCUT2D eigenvalue weighted by Gasteiger charge is 2.16. The number of hydrogen-bond donors (Lipinski definition) is 0. The number of rotatable bonds is 8. The Balaban J connectivity index is 0.000000320. The standard InChI is InChI=1S/C10H12ClF.C10H20.C10H14.C10H20.C9H18/c1-7(2)6-8-9(11)4-3-5-10(8)12;2*1-9(2)8-10-6-4-3-5-7-10;1-9(2)10-7-5-3-4-6-8-10;1-8(2)9-6-4-3-5-7-9/h3-5,7H,6H2,1-2H3;9-10H,3-8H2,1-2H3;3-7,9H,8H2,1-2H3;9-10H,3-8H2,1-2H3;8-9H,3-7H2,1-2H3. The SMILES string of the molecule is CC(C)C1CCCCC1.CC(C)C1CCCCCC1.CC(C)CC1CCCCC1.CC(C)Cc1c(F)cccc1Cl.CC(C)Cc1ccccc1. The van der Waals surface area contributed by atoms with Gasteiger partial charge in [-0.15, -0.1) is 0 Å². The molecule has 3 saturated carbocycles. The minimum absolute atomic E-state index is 0.198. The maximum absolute atomic E-state index is 13.1. The van der Waals surface area contributed by atoms with Gasteiger partial charge in [0.25, 0.3) is 0 Å². The molecule has 5 rings (SSSR count). The van der Waals surface area contributed by atoms with E-state index < -0.39 is 0 Å². The van der Waals surface area contributed by atoms with Crippen LogP contribution in [0.1, 0.15) is 190 Å². The lowest BCUT2D eigenvalue weighted by Gasteiger charge is -2.24. The van der Waals surface area contributed by atoms with Gasteiger partial charge in [-0.2, -0.15) is 0 Å². The van der Waals surface area contributed by atoms with Gasteiger partial charge in [-0.3, -0.25) is 0 Å². The molecule has 0 heterocycles. The van der Waals surface area contributed by atoms with Crippen molar-refractivity contribution in [3.63, 3.8) is 0 Å². The first-order valence-electron chi connectivity index (χ1n) is 21.8. The highest BCUT2D eigenvalue weighted by atomic mass is 35.5. The summed E-state index contributed by atoms with van der Waals surface area (Å²) in [5.74, 6) is 6.96. The zero-order valence-corrected chi connectivity index (χ0v) is 36.2. The number of hydrogen-bond acceptors (Lipinski definition) is 0. The number of halogens is 2. The second-order valence-electron chi connectivity index (χ2n) is 18.2. The summed E-state index contributed by atoms with van der Waals surface area (Å²) in [5.41, 5.74) is 2.08. The molecule has 294 valence electrons. The smallest absolute Gasteiger partial charge is 0.127 e. The maximum Gasteiger partial charge on any atom is 0.127 e. The van der Waals surface area contributed by atoms with E-state index in [0.717, 1.165) is 41.4 Å². The van der Waals surface area contributed by atoms with Crippen LogP contribution in [0.2, 0.25) is 5.02 Å². The van der Waals surface area contributed by atoms with Crippen molar-refractivity contribution in [1.29, 1.82) is 0 Å². The van der Waals surface area contributed by atoms with Crippen molar-refractivity contribution in [1.82, 2.24) is 0 Å². The summed E-state index contributed by atoms with van der Waals surface area (Å²) in [4.78, 5) is 0. The van der Waals surface area contributed by atoms with Crippen LogP contribution < -0.4 is 0 Å². The first kappa shape index (κ1) is 47.7. The van der Waals surface area contributed by atoms with Gasteiger partial charge in [-0.05, 0) is 84.3 Å². The molecule has 0 N–H and O–H groups in total. The van der Waals surface area contributed by atoms with Crippen molar-refractivity contribution in [3.8, 4) is 0 Å². The molecule has 51 heavy (non-hydrogen) atoms. The Morgan fingerprint density at radius 1 is 0.510 bits per heavy atom. The van der Waals surface area contributed by atoms with Gasteiger partial charge in [0.1, 0.15) is 5.82 Å². The minimum atomic E-state index is -0.198. The average molecular weight is 728 g/mol. The summed E-state index contributed by atoms with van der Waals surface area (Å²) in [6.07, 6.45) is 27.3. The van der Waals surface area contributed by atoms with Crippen molar-refractivity contribution in [2.24, 2.45) is 47.3 Å². The van der Waals surface area contributed by atoms with E-state index in [4.69, 9.17) is 11.6 Å². The molecule has 2 heteroatoms. The van der Waals surface area contributed by atoms with Crippen molar-refractivity contribution in [3.05, 3.63) is 70.5 Å². The third-order valence-corrected chi connectivity index (χ3v) is 11.5. The van der Waals surface area contributed by atoms with Crippen molar-refractivity contribution >= 4 is 11.6 Å². The van der Waals surface area contributed by atoms with E-state index in [-0.39, 0.29) is 5.82 Å². The summed E-state index contributed by atoms with van der Waals surface area (Å²) in [6.45, 7) is 22.7. The van der Waals surface area contributed by atoms with Crippen LogP contribution in [-0.4, -0.2) is 0 Å². The Morgan fingerprint density at radius 3 is 1.33 bits per heavy atom. The van der Waals surface area contributed by atoms with Crippen LogP contribution in [0.5, 0.6) is 0 Å². The largest absolute Gasteiger partial charge is 0.207 e. The molecule has 3 aliphatic carbocycles. The summed E-state index contributed by atoms with van der Waals surface area (Å²) in [5, 5.41) is 0.531. The fraction of sp³-hybridized carbons (Fsp3) is 0.755. The molecule has 0 unspecified atom stereocenters. The molecule has 2 aromatic rings. The first-order chi connectivity index (χ1) is 24.3. The average Bonchev–Trinajstić information content (AvgIpc) is 3.39. The quantitative estimate of drug-likeness (QED) is 0.238. The third-order valence-electron chi connectivity index (χ3n) is 11.1. The van der Waals surface area contributed by atoms with E-state index in [0.29, 0.717) is 22.9 Å². The molecule has 0 saturated heterocycles. The van der Waals surface area contributed by atoms with E-state index in [1.54, 1.807) is 12.1 Å². The molecular formula is C49H84ClF. The highest BCUT2D eigenvalue weighted by molar-refractivity contribution is 6.31. The Bertz CT molecular complexity index is 1030. The van der Waals surface area contributed by atoms with E-state index in [1.165, 1.54) is 127 Å². The third kappa shape index (κ3) is 24.6. The molecule has 0 amide bonds. The van der Waals surface area contributed by atoms with E-state index in [2.05, 4.69) is 85.7 Å². The predicted octanol–water partition coefficient (Wildman–Crippen LogP) is 17.0. The van der Waals surface area contributed by atoms with Crippen molar-refractivity contribution < 1.29 is 4.39 Å². The van der Waals surface area contributed by atoms with Gasteiger partial charge in [-0.25, -0.2) is 4.39 Å². The summed E-state index contributed by atoms with van der Waals surface area (Å²) in [6, 6.07) is 15.4. The van der Waals surface area contributed by atoms with E-state index in [9.17, 15) is 4.39 Å². The zero-order chi connectivity index (χ0) is 38.0. The molecular weight excluding hydrogens is 643 g/mol. The zero-order valence-electron chi connectivity index (χ0n) is 35.4. The molecule has 2 aromatic carbocycles. The molecule has 0 bridgehead atoms. The summed E-state index contributed by atoms with van der Waals surface area (Å²) >= 11 is 5.83. The molecule has 0 aliphatic heterocycles. The van der Waals surface area contributed by atoms with Gasteiger partial charge in [0.15, 0.2) is 0 Å². The second-order valence-corrected chi connectivity index (χ2v) is 18.6. The number of benzene rings is 2. The minimum Gasteiger partial charge on any atom is -0.207 e. The van der Waals surface area contributed by atoms with Gasteiger partial charge in [-0.1, -0.05) is 220 Å². The van der Waals surface area contributed by atoms with E-state index >= 15 is 0 Å². The first-order valence-corrected chi connectivity index (χ1v) is 22.1. The molecule has 3 aliphatic rings. The fourth-order valence-electron chi connectivity index (χ4n) is 8.09. The van der Waals surface area contributed by atoms with Crippen LogP contribution in [-0.2, 0) is 12.8 Å². The normalized spacial score (nSPS) is 17.4. The van der Waals surface area contributed by atoms with Crippen LogP contribution in [0.15, 0.2) is 48.5 Å². The lowest BCUT2D eigenvalue weighted by atomic mass is 9.82. The lowest BCUT2D eigenvalue weighted by molar-refractivity contribution is 0.279. The molecule has 0 nitrogen and oxygen atoms in total.